The molecule has 1 unspecified atom stereocenters. The van der Waals surface area contributed by atoms with E-state index in [4.69, 9.17) is 5.73 Å². The molecule has 13 heteroatoms. The number of anilines is 1. The third-order valence-corrected chi connectivity index (χ3v) is 3.92. The number of hydroxylamine groups is 1. The summed E-state index contributed by atoms with van der Waals surface area (Å²) in [7, 11) is 0. The molecule has 3 N–H and O–H groups in total. The van der Waals surface area contributed by atoms with Gasteiger partial charge < -0.3 is 5.73 Å². The number of nitrogens with zero attached hydrogens (tertiary/aromatic N) is 4. The van der Waals surface area contributed by atoms with Gasteiger partial charge >= 0.3 is 5.70 Å². The number of thiazole rings is 1. The van der Waals surface area contributed by atoms with Crippen LogP contribution in [-0.2, 0) is 4.94 Å². The standard InChI is InChI=1S/C9H6N6O6S/c10-9-11-2-5(22-9)6-3(13(16)17)1-4(14(18)19)7-8(6)15(20)21-12-7/h1-2,6,12H,(H2,10,11). The molecule has 0 saturated carbocycles. The number of nitrogen functional groups attached to an aromatic ring is 1. The van der Waals surface area contributed by atoms with Crippen LogP contribution in [0.4, 0.5) is 5.13 Å². The van der Waals surface area contributed by atoms with Crippen LogP contribution in [0.5, 0.6) is 0 Å². The van der Waals surface area contributed by atoms with E-state index in [2.05, 4.69) is 15.4 Å². The summed E-state index contributed by atoms with van der Waals surface area (Å²) in [6, 6.07) is 0. The Morgan fingerprint density at radius 2 is 2.14 bits per heavy atom. The van der Waals surface area contributed by atoms with E-state index in [0.29, 0.717) is 4.88 Å². The van der Waals surface area contributed by atoms with E-state index in [1.165, 1.54) is 6.20 Å². The molecule has 12 nitrogen and oxygen atoms in total. The summed E-state index contributed by atoms with van der Waals surface area (Å²) in [6.45, 7) is 0. The smallest absolute Gasteiger partial charge is 0.307 e. The van der Waals surface area contributed by atoms with Gasteiger partial charge in [0.1, 0.15) is 0 Å². The van der Waals surface area contributed by atoms with E-state index < -0.39 is 27.2 Å². The Hall–Kier alpha value is -3.22. The van der Waals surface area contributed by atoms with Crippen molar-refractivity contribution >= 4 is 22.2 Å². The van der Waals surface area contributed by atoms with Crippen molar-refractivity contribution < 1.29 is 19.7 Å². The fourth-order valence-corrected chi connectivity index (χ4v) is 2.97. The molecular weight excluding hydrogens is 320 g/mol. The summed E-state index contributed by atoms with van der Waals surface area (Å²) in [5.41, 5.74) is 5.92. The Balaban J connectivity index is 2.25. The average molecular weight is 326 g/mol. The number of nitro groups is 2. The molecular formula is C9H6N6O6S. The Morgan fingerprint density at radius 1 is 1.41 bits per heavy atom. The van der Waals surface area contributed by atoms with Crippen molar-refractivity contribution in [2.45, 2.75) is 5.92 Å². The van der Waals surface area contributed by atoms with Gasteiger partial charge in [0, 0.05) is 6.20 Å². The molecule has 0 fully saturated rings. The Labute approximate surface area is 124 Å². The largest absolute Gasteiger partial charge is 0.375 e. The summed E-state index contributed by atoms with van der Waals surface area (Å²) in [6.07, 6.45) is 2.06. The number of rotatable bonds is 3. The summed E-state index contributed by atoms with van der Waals surface area (Å²) in [5, 5.41) is 34.2. The number of allylic oxidation sites excluding steroid dienone is 3. The molecule has 1 aromatic rings. The van der Waals surface area contributed by atoms with Crippen LogP contribution >= 0.6 is 11.3 Å². The predicted octanol–water partition coefficient (Wildman–Crippen LogP) is -0.128. The lowest BCUT2D eigenvalue weighted by molar-refractivity contribution is -0.748. The normalized spacial score (nSPS) is 20.2. The van der Waals surface area contributed by atoms with Gasteiger partial charge in [-0.3, -0.25) is 30.4 Å². The molecule has 0 radical (unpaired) electrons. The second kappa shape index (κ2) is 4.66. The second-order valence-corrected chi connectivity index (χ2v) is 5.31. The van der Waals surface area contributed by atoms with E-state index in [0.717, 1.165) is 17.4 Å². The number of nitrogens with one attached hydrogen (secondary N) is 1. The lowest BCUT2D eigenvalue weighted by Gasteiger charge is -2.12. The Morgan fingerprint density at radius 3 is 2.68 bits per heavy atom. The number of aromatic nitrogens is 1. The highest BCUT2D eigenvalue weighted by molar-refractivity contribution is 7.15. The fraction of sp³-hybridized carbons (Fsp3) is 0.111. The van der Waals surface area contributed by atoms with Gasteiger partial charge in [0.05, 0.1) is 25.7 Å². The maximum Gasteiger partial charge on any atom is 0.307 e. The number of nitrogens with two attached hydrogens (primary N) is 1. The van der Waals surface area contributed by atoms with Crippen LogP contribution in [0.1, 0.15) is 10.8 Å². The van der Waals surface area contributed by atoms with Gasteiger partial charge in [-0.2, -0.15) is 0 Å². The zero-order chi connectivity index (χ0) is 16.0. The van der Waals surface area contributed by atoms with Crippen molar-refractivity contribution in [3.63, 3.8) is 0 Å². The molecule has 3 rings (SSSR count). The number of hydrogen-bond donors (Lipinski definition) is 2. The molecule has 0 aromatic carbocycles. The molecule has 114 valence electrons. The van der Waals surface area contributed by atoms with E-state index in [-0.39, 0.29) is 21.4 Å². The van der Waals surface area contributed by atoms with Crippen LogP contribution in [0.3, 0.4) is 0 Å². The summed E-state index contributed by atoms with van der Waals surface area (Å²) in [4.78, 5) is 29.2. The molecule has 1 atom stereocenters. The van der Waals surface area contributed by atoms with Crippen LogP contribution in [0.25, 0.3) is 0 Å². The zero-order valence-corrected chi connectivity index (χ0v) is 11.3. The van der Waals surface area contributed by atoms with Crippen molar-refractivity contribution in [2.75, 3.05) is 5.73 Å². The van der Waals surface area contributed by atoms with Crippen LogP contribution in [0.15, 0.2) is 29.4 Å². The predicted molar refractivity (Wildman–Crippen MR) is 71.2 cm³/mol. The SMILES string of the molecule is Nc1ncc(C2C([N+](=O)[O-])=CC([N+](=O)[O-])=C3NO[N+]([O-])=C32)s1. The molecule has 1 aliphatic heterocycles. The van der Waals surface area contributed by atoms with Gasteiger partial charge in [0.15, 0.2) is 11.0 Å². The summed E-state index contributed by atoms with van der Waals surface area (Å²) < 4.78 is 0. The first-order chi connectivity index (χ1) is 10.4. The minimum absolute atomic E-state index is 0.0318. The van der Waals surface area contributed by atoms with Crippen molar-refractivity contribution in [3.8, 4) is 0 Å². The highest BCUT2D eigenvalue weighted by atomic mass is 32.1. The molecule has 2 heterocycles. The van der Waals surface area contributed by atoms with E-state index in [9.17, 15) is 25.4 Å². The fourth-order valence-electron chi connectivity index (χ4n) is 2.17. The van der Waals surface area contributed by atoms with Crippen molar-refractivity contribution in [3.05, 3.63) is 59.7 Å². The van der Waals surface area contributed by atoms with Crippen LogP contribution < -0.4 is 11.2 Å². The van der Waals surface area contributed by atoms with Gasteiger partial charge in [-0.25, -0.2) is 10.5 Å². The highest BCUT2D eigenvalue weighted by Gasteiger charge is 2.51. The first-order valence-corrected chi connectivity index (χ1v) is 6.45. The van der Waals surface area contributed by atoms with Crippen molar-refractivity contribution in [1.29, 1.82) is 0 Å². The molecule has 0 saturated heterocycles. The van der Waals surface area contributed by atoms with E-state index in [1.807, 2.05) is 0 Å². The van der Waals surface area contributed by atoms with E-state index in [1.54, 1.807) is 0 Å². The number of hydrogen-bond acceptors (Lipinski definition) is 10. The summed E-state index contributed by atoms with van der Waals surface area (Å²) >= 11 is 0.935. The molecule has 0 amide bonds. The van der Waals surface area contributed by atoms with Crippen molar-refractivity contribution in [2.24, 2.45) is 0 Å². The van der Waals surface area contributed by atoms with Crippen LogP contribution in [0.2, 0.25) is 0 Å². The molecule has 1 aromatic heterocycles. The Kier molecular flexibility index (Phi) is 2.91. The number of fused-ring (bicyclic) bond motifs is 1. The van der Waals surface area contributed by atoms with Gasteiger partial charge in [0.2, 0.25) is 5.70 Å². The third kappa shape index (κ3) is 1.91. The minimum Gasteiger partial charge on any atom is -0.375 e. The van der Waals surface area contributed by atoms with Gasteiger partial charge in [-0.15, -0.1) is 11.3 Å². The van der Waals surface area contributed by atoms with Gasteiger partial charge in [-0.05, 0) is 0 Å². The zero-order valence-electron chi connectivity index (χ0n) is 10.5. The first kappa shape index (κ1) is 13.7. The first-order valence-electron chi connectivity index (χ1n) is 5.63. The maximum atomic E-state index is 11.8. The minimum atomic E-state index is -1.17. The lowest BCUT2D eigenvalue weighted by Crippen LogP contribution is -2.30. The second-order valence-electron chi connectivity index (χ2n) is 4.21. The summed E-state index contributed by atoms with van der Waals surface area (Å²) in [5.74, 6) is -1.17. The quantitative estimate of drug-likeness (QED) is 0.435. The molecule has 0 spiro atoms. The van der Waals surface area contributed by atoms with E-state index >= 15 is 0 Å². The highest BCUT2D eigenvalue weighted by Crippen LogP contribution is 2.38. The van der Waals surface area contributed by atoms with Crippen LogP contribution in [-0.4, -0.2) is 25.4 Å². The third-order valence-electron chi connectivity index (χ3n) is 3.03. The van der Waals surface area contributed by atoms with Crippen LogP contribution in [0, 0.1) is 25.4 Å². The van der Waals surface area contributed by atoms with Crippen molar-refractivity contribution in [1.82, 2.24) is 10.5 Å². The van der Waals surface area contributed by atoms with Gasteiger partial charge in [0.25, 0.3) is 11.4 Å². The molecule has 2 aliphatic rings. The molecule has 1 aliphatic carbocycles. The molecule has 0 bridgehead atoms. The Bertz CT molecular complexity index is 794. The lowest BCUT2D eigenvalue weighted by atomic mass is 9.90. The monoisotopic (exact) mass is 326 g/mol. The van der Waals surface area contributed by atoms with Gasteiger partial charge in [-0.1, -0.05) is 0 Å². The topological polar surface area (TPSA) is 173 Å². The average Bonchev–Trinajstić information content (AvgIpc) is 3.04. The molecule has 22 heavy (non-hydrogen) atoms. The maximum absolute atomic E-state index is 11.8.